The molecule has 1 aliphatic heterocycles. The van der Waals surface area contributed by atoms with Crippen LogP contribution in [0.1, 0.15) is 37.1 Å². The fraction of sp³-hybridized carbons (Fsp3) is 0.476. The molecular formula is C21H26N6O3S. The zero-order chi connectivity index (χ0) is 21.6. The Morgan fingerprint density at radius 3 is 2.71 bits per heavy atom. The number of aromatic nitrogens is 5. The number of anilines is 1. The summed E-state index contributed by atoms with van der Waals surface area (Å²) in [4.78, 5) is 18.9. The molecule has 164 valence electrons. The Kier molecular flexibility index (Phi) is 6.88. The first-order valence-corrected chi connectivity index (χ1v) is 11.4. The van der Waals surface area contributed by atoms with Gasteiger partial charge in [0, 0.05) is 30.0 Å². The highest BCUT2D eigenvalue weighted by molar-refractivity contribution is 7.14. The lowest BCUT2D eigenvalue weighted by molar-refractivity contribution is -0.142. The van der Waals surface area contributed by atoms with Crippen molar-refractivity contribution in [1.82, 2.24) is 25.6 Å². The van der Waals surface area contributed by atoms with Crippen LogP contribution in [0.5, 0.6) is 0 Å². The van der Waals surface area contributed by atoms with E-state index in [1.54, 1.807) is 11.3 Å². The van der Waals surface area contributed by atoms with Gasteiger partial charge < -0.3 is 14.7 Å². The van der Waals surface area contributed by atoms with Gasteiger partial charge in [0.1, 0.15) is 0 Å². The summed E-state index contributed by atoms with van der Waals surface area (Å²) in [5, 5.41) is 27.1. The summed E-state index contributed by atoms with van der Waals surface area (Å²) < 4.78 is 5.41. The van der Waals surface area contributed by atoms with E-state index in [9.17, 15) is 9.90 Å². The van der Waals surface area contributed by atoms with Gasteiger partial charge in [0.05, 0.1) is 24.8 Å². The Morgan fingerprint density at radius 1 is 1.29 bits per heavy atom. The van der Waals surface area contributed by atoms with Crippen molar-refractivity contribution in [2.45, 2.75) is 32.1 Å². The fourth-order valence-electron chi connectivity index (χ4n) is 3.91. The lowest BCUT2D eigenvalue weighted by atomic mass is 9.83. The predicted octanol–water partition coefficient (Wildman–Crippen LogP) is 2.99. The smallest absolute Gasteiger partial charge is 0.307 e. The van der Waals surface area contributed by atoms with Gasteiger partial charge in [-0.1, -0.05) is 42.8 Å². The molecule has 1 aliphatic rings. The zero-order valence-electron chi connectivity index (χ0n) is 17.4. The number of thiazole rings is 1. The van der Waals surface area contributed by atoms with Gasteiger partial charge in [0.25, 0.3) is 0 Å². The standard InChI is InChI=1S/C21H26N6O3S/c1-2-3-16(20(28)29)17(19-23-25-26-24-19)12-14-4-6-15(7-5-14)18-13-31-21(22-18)27-8-10-30-11-9-27/h4-7,13,16-17H,2-3,8-12H2,1H3,(H,28,29)(H,23,24,25,26). The molecule has 3 heterocycles. The van der Waals surface area contributed by atoms with Crippen LogP contribution < -0.4 is 4.90 Å². The molecular weight excluding hydrogens is 416 g/mol. The summed E-state index contributed by atoms with van der Waals surface area (Å²) in [7, 11) is 0. The topological polar surface area (TPSA) is 117 Å². The van der Waals surface area contributed by atoms with Crippen LogP contribution in [0.4, 0.5) is 5.13 Å². The first-order valence-electron chi connectivity index (χ1n) is 10.5. The Morgan fingerprint density at radius 2 is 2.06 bits per heavy atom. The third kappa shape index (κ3) is 5.08. The Balaban J connectivity index is 1.50. The summed E-state index contributed by atoms with van der Waals surface area (Å²) in [5.74, 6) is -1.28. The molecule has 1 fully saturated rings. The van der Waals surface area contributed by atoms with Crippen molar-refractivity contribution in [3.8, 4) is 11.3 Å². The Bertz CT molecular complexity index is 969. The molecule has 9 nitrogen and oxygen atoms in total. The number of tetrazole rings is 1. The minimum atomic E-state index is -0.827. The third-order valence-electron chi connectivity index (χ3n) is 5.57. The number of hydrogen-bond acceptors (Lipinski definition) is 8. The zero-order valence-corrected chi connectivity index (χ0v) is 18.2. The van der Waals surface area contributed by atoms with Crippen molar-refractivity contribution in [2.24, 2.45) is 5.92 Å². The van der Waals surface area contributed by atoms with Gasteiger partial charge in [-0.25, -0.2) is 4.98 Å². The van der Waals surface area contributed by atoms with E-state index in [4.69, 9.17) is 9.72 Å². The molecule has 2 N–H and O–H groups in total. The molecule has 3 aromatic rings. The SMILES string of the molecule is CCCC(C(=O)O)C(Cc1ccc(-c2csc(N3CCOCC3)n2)cc1)c1nn[nH]n1. The summed E-state index contributed by atoms with van der Waals surface area (Å²) in [6, 6.07) is 8.13. The number of rotatable bonds is 9. The quantitative estimate of drug-likeness (QED) is 0.519. The van der Waals surface area contributed by atoms with E-state index in [0.717, 1.165) is 54.7 Å². The summed E-state index contributed by atoms with van der Waals surface area (Å²) in [5.41, 5.74) is 3.02. The molecule has 0 amide bonds. The molecule has 2 unspecified atom stereocenters. The Hall–Kier alpha value is -2.85. The van der Waals surface area contributed by atoms with Crippen LogP contribution >= 0.6 is 11.3 Å². The summed E-state index contributed by atoms with van der Waals surface area (Å²) >= 11 is 1.64. The van der Waals surface area contributed by atoms with Crippen molar-refractivity contribution in [3.05, 3.63) is 41.0 Å². The number of aromatic amines is 1. The van der Waals surface area contributed by atoms with Crippen molar-refractivity contribution < 1.29 is 14.6 Å². The molecule has 0 saturated carbocycles. The molecule has 0 radical (unpaired) electrons. The normalized spacial score (nSPS) is 16.2. The second kappa shape index (κ2) is 9.97. The first-order chi connectivity index (χ1) is 15.2. The van der Waals surface area contributed by atoms with E-state index in [-0.39, 0.29) is 5.92 Å². The van der Waals surface area contributed by atoms with Crippen molar-refractivity contribution in [2.75, 3.05) is 31.2 Å². The fourth-order valence-corrected chi connectivity index (χ4v) is 4.80. The highest BCUT2D eigenvalue weighted by atomic mass is 32.1. The molecule has 1 saturated heterocycles. The van der Waals surface area contributed by atoms with E-state index < -0.39 is 11.9 Å². The van der Waals surface area contributed by atoms with Gasteiger partial charge in [-0.3, -0.25) is 4.79 Å². The monoisotopic (exact) mass is 442 g/mol. The lowest BCUT2D eigenvalue weighted by Gasteiger charge is -2.26. The van der Waals surface area contributed by atoms with Crippen LogP contribution in [0.2, 0.25) is 0 Å². The van der Waals surface area contributed by atoms with Crippen LogP contribution in [0.25, 0.3) is 11.3 Å². The number of morpholine rings is 1. The third-order valence-corrected chi connectivity index (χ3v) is 6.48. The van der Waals surface area contributed by atoms with Crippen LogP contribution in [0.3, 0.4) is 0 Å². The maximum absolute atomic E-state index is 11.9. The average Bonchev–Trinajstić information content (AvgIpc) is 3.50. The number of nitrogens with zero attached hydrogens (tertiary/aromatic N) is 5. The molecule has 4 rings (SSSR count). The number of carboxylic acid groups (broad SMARTS) is 1. The number of H-pyrrole nitrogens is 1. The van der Waals surface area contributed by atoms with Gasteiger partial charge in [-0.05, 0) is 18.4 Å². The van der Waals surface area contributed by atoms with Gasteiger partial charge in [-0.2, -0.15) is 5.21 Å². The minimum absolute atomic E-state index is 0.339. The van der Waals surface area contributed by atoms with E-state index in [2.05, 4.69) is 30.9 Å². The van der Waals surface area contributed by atoms with Gasteiger partial charge in [-0.15, -0.1) is 21.5 Å². The number of nitrogens with one attached hydrogen (secondary N) is 1. The lowest BCUT2D eigenvalue weighted by Crippen LogP contribution is -2.36. The molecule has 0 aliphatic carbocycles. The van der Waals surface area contributed by atoms with Crippen LogP contribution in [0, 0.1) is 5.92 Å². The maximum atomic E-state index is 11.9. The van der Waals surface area contributed by atoms with Crippen LogP contribution in [-0.4, -0.2) is 63.0 Å². The van der Waals surface area contributed by atoms with Crippen molar-refractivity contribution in [3.63, 3.8) is 0 Å². The number of carboxylic acids is 1. The number of carbonyl (C=O) groups is 1. The highest BCUT2D eigenvalue weighted by Gasteiger charge is 2.32. The summed E-state index contributed by atoms with van der Waals surface area (Å²) in [6.45, 7) is 5.19. The molecule has 2 aromatic heterocycles. The molecule has 10 heteroatoms. The van der Waals surface area contributed by atoms with Gasteiger partial charge in [0.15, 0.2) is 11.0 Å². The first kappa shape index (κ1) is 21.4. The number of benzene rings is 1. The largest absolute Gasteiger partial charge is 0.481 e. The maximum Gasteiger partial charge on any atom is 0.307 e. The second-order valence-electron chi connectivity index (χ2n) is 7.63. The summed E-state index contributed by atoms with van der Waals surface area (Å²) in [6.07, 6.45) is 1.88. The predicted molar refractivity (Wildman–Crippen MR) is 117 cm³/mol. The molecule has 2 atom stereocenters. The molecule has 31 heavy (non-hydrogen) atoms. The van der Waals surface area contributed by atoms with E-state index >= 15 is 0 Å². The van der Waals surface area contributed by atoms with Gasteiger partial charge in [0.2, 0.25) is 0 Å². The molecule has 0 spiro atoms. The van der Waals surface area contributed by atoms with E-state index in [0.29, 0.717) is 18.7 Å². The average molecular weight is 443 g/mol. The minimum Gasteiger partial charge on any atom is -0.481 e. The van der Waals surface area contributed by atoms with Gasteiger partial charge >= 0.3 is 5.97 Å². The number of aliphatic carboxylic acids is 1. The highest BCUT2D eigenvalue weighted by Crippen LogP contribution is 2.32. The van der Waals surface area contributed by atoms with E-state index in [1.807, 2.05) is 31.2 Å². The van der Waals surface area contributed by atoms with Crippen molar-refractivity contribution >= 4 is 22.4 Å². The van der Waals surface area contributed by atoms with E-state index in [1.165, 1.54) is 0 Å². The molecule has 1 aromatic carbocycles. The van der Waals surface area contributed by atoms with Crippen molar-refractivity contribution in [1.29, 1.82) is 0 Å². The Labute approximate surface area is 184 Å². The number of ether oxygens (including phenoxy) is 1. The van der Waals surface area contributed by atoms with Crippen LogP contribution in [-0.2, 0) is 16.0 Å². The molecule has 0 bridgehead atoms. The number of hydrogen-bond donors (Lipinski definition) is 2. The second-order valence-corrected chi connectivity index (χ2v) is 8.46. The van der Waals surface area contributed by atoms with Crippen LogP contribution in [0.15, 0.2) is 29.6 Å².